The van der Waals surface area contributed by atoms with Gasteiger partial charge in [-0.05, 0) is 32.2 Å². The molecule has 1 rings (SSSR count). The molecule has 0 bridgehead atoms. The van der Waals surface area contributed by atoms with Crippen LogP contribution in [0.15, 0.2) is 0 Å². The van der Waals surface area contributed by atoms with E-state index in [0.717, 1.165) is 58.5 Å². The minimum atomic E-state index is -0.334. The third-order valence-electron chi connectivity index (χ3n) is 4.10. The van der Waals surface area contributed by atoms with Crippen LogP contribution in [0.5, 0.6) is 0 Å². The Morgan fingerprint density at radius 3 is 2.45 bits per heavy atom. The highest BCUT2D eigenvalue weighted by Gasteiger charge is 2.40. The molecule has 2 unspecified atom stereocenters. The number of nitrogens with zero attached hydrogens (tertiary/aromatic N) is 2. The Bertz CT molecular complexity index is 298. The van der Waals surface area contributed by atoms with E-state index in [1.165, 1.54) is 0 Å². The second kappa shape index (κ2) is 9.30. The molecule has 0 aromatic rings. The van der Waals surface area contributed by atoms with E-state index < -0.39 is 0 Å². The van der Waals surface area contributed by atoms with Crippen LogP contribution in [0.4, 0.5) is 0 Å². The van der Waals surface area contributed by atoms with E-state index in [0.29, 0.717) is 6.04 Å². The van der Waals surface area contributed by atoms with Gasteiger partial charge in [0.1, 0.15) is 5.54 Å². The minimum absolute atomic E-state index is 0.334. The first kappa shape index (κ1) is 17.4. The Morgan fingerprint density at radius 1 is 1.30 bits per heavy atom. The molecule has 1 fully saturated rings. The van der Waals surface area contributed by atoms with E-state index >= 15 is 0 Å². The van der Waals surface area contributed by atoms with Gasteiger partial charge in [0.25, 0.3) is 0 Å². The molecule has 0 radical (unpaired) electrons. The third-order valence-corrected chi connectivity index (χ3v) is 4.10. The maximum Gasteiger partial charge on any atom is 0.108 e. The van der Waals surface area contributed by atoms with Crippen LogP contribution in [0.2, 0.25) is 0 Å². The number of nitriles is 1. The number of hydrogen-bond donors (Lipinski definition) is 1. The molecule has 0 aromatic heterocycles. The standard InChI is InChI=1S/C15H29N3O2/c1-4-7-17-15(13-16)6-5-14(12-15)18(8-10-19-2)9-11-20-3/h14,17H,4-12H2,1-3H3. The fourth-order valence-electron chi connectivity index (χ4n) is 2.89. The second-order valence-corrected chi connectivity index (χ2v) is 5.54. The first-order valence-electron chi connectivity index (χ1n) is 7.59. The summed E-state index contributed by atoms with van der Waals surface area (Å²) < 4.78 is 10.4. The van der Waals surface area contributed by atoms with Gasteiger partial charge in [-0.2, -0.15) is 5.26 Å². The summed E-state index contributed by atoms with van der Waals surface area (Å²) in [6.45, 7) is 6.30. The molecule has 0 saturated heterocycles. The molecular weight excluding hydrogens is 254 g/mol. The molecule has 0 spiro atoms. The van der Waals surface area contributed by atoms with E-state index in [1.54, 1.807) is 14.2 Å². The Kier molecular flexibility index (Phi) is 8.08. The van der Waals surface area contributed by atoms with Crippen LogP contribution in [-0.2, 0) is 9.47 Å². The van der Waals surface area contributed by atoms with Gasteiger partial charge in [-0.15, -0.1) is 0 Å². The van der Waals surface area contributed by atoms with Crippen LogP contribution in [0.1, 0.15) is 32.6 Å². The van der Waals surface area contributed by atoms with Crippen molar-refractivity contribution in [2.75, 3.05) is 47.1 Å². The van der Waals surface area contributed by atoms with Crippen molar-refractivity contribution in [2.45, 2.75) is 44.2 Å². The number of methoxy groups -OCH3 is 2. The fourth-order valence-corrected chi connectivity index (χ4v) is 2.89. The Morgan fingerprint density at radius 2 is 1.95 bits per heavy atom. The van der Waals surface area contributed by atoms with Crippen molar-refractivity contribution in [3.63, 3.8) is 0 Å². The highest BCUT2D eigenvalue weighted by atomic mass is 16.5. The maximum absolute atomic E-state index is 9.51. The molecular formula is C15H29N3O2. The van der Waals surface area contributed by atoms with E-state index in [2.05, 4.69) is 23.2 Å². The molecule has 0 aromatic carbocycles. The molecule has 0 heterocycles. The number of nitrogens with one attached hydrogen (secondary N) is 1. The average Bonchev–Trinajstić information content (AvgIpc) is 2.90. The van der Waals surface area contributed by atoms with Gasteiger partial charge in [-0.1, -0.05) is 6.92 Å². The molecule has 1 aliphatic carbocycles. The third kappa shape index (κ3) is 5.02. The van der Waals surface area contributed by atoms with Crippen LogP contribution < -0.4 is 5.32 Å². The van der Waals surface area contributed by atoms with Gasteiger partial charge in [0.05, 0.1) is 19.3 Å². The Labute approximate surface area is 123 Å². The smallest absolute Gasteiger partial charge is 0.108 e. The van der Waals surface area contributed by atoms with Crippen molar-refractivity contribution in [3.8, 4) is 6.07 Å². The second-order valence-electron chi connectivity index (χ2n) is 5.54. The molecule has 1 N–H and O–H groups in total. The zero-order chi connectivity index (χ0) is 14.8. The number of hydrogen-bond acceptors (Lipinski definition) is 5. The van der Waals surface area contributed by atoms with Crippen molar-refractivity contribution < 1.29 is 9.47 Å². The molecule has 2 atom stereocenters. The SMILES string of the molecule is CCCNC1(C#N)CCC(N(CCOC)CCOC)C1. The van der Waals surface area contributed by atoms with Crippen molar-refractivity contribution in [1.29, 1.82) is 5.26 Å². The van der Waals surface area contributed by atoms with Gasteiger partial charge in [-0.25, -0.2) is 0 Å². The van der Waals surface area contributed by atoms with Gasteiger partial charge in [0.2, 0.25) is 0 Å². The lowest BCUT2D eigenvalue weighted by molar-refractivity contribution is 0.0870. The van der Waals surface area contributed by atoms with Crippen LogP contribution in [0.25, 0.3) is 0 Å². The highest BCUT2D eigenvalue weighted by Crippen LogP contribution is 2.32. The zero-order valence-electron chi connectivity index (χ0n) is 13.2. The molecule has 20 heavy (non-hydrogen) atoms. The zero-order valence-corrected chi connectivity index (χ0v) is 13.2. The largest absolute Gasteiger partial charge is 0.383 e. The summed E-state index contributed by atoms with van der Waals surface area (Å²) in [6.07, 6.45) is 3.96. The molecule has 5 heteroatoms. The van der Waals surface area contributed by atoms with Crippen LogP contribution in [-0.4, -0.2) is 63.5 Å². The molecule has 0 amide bonds. The van der Waals surface area contributed by atoms with Gasteiger partial charge in [-0.3, -0.25) is 10.2 Å². The Balaban J connectivity index is 2.57. The lowest BCUT2D eigenvalue weighted by Gasteiger charge is -2.30. The minimum Gasteiger partial charge on any atom is -0.383 e. The fraction of sp³-hybridized carbons (Fsp3) is 0.933. The number of rotatable bonds is 10. The monoisotopic (exact) mass is 283 g/mol. The summed E-state index contributed by atoms with van der Waals surface area (Å²) in [7, 11) is 3.46. The normalized spacial score (nSPS) is 26.1. The van der Waals surface area contributed by atoms with Gasteiger partial charge in [0, 0.05) is 33.4 Å². The van der Waals surface area contributed by atoms with E-state index in [1.807, 2.05) is 0 Å². The lowest BCUT2D eigenvalue weighted by Crippen LogP contribution is -2.45. The highest BCUT2D eigenvalue weighted by molar-refractivity contribution is 5.13. The summed E-state index contributed by atoms with van der Waals surface area (Å²) in [6, 6.07) is 2.96. The van der Waals surface area contributed by atoms with Crippen LogP contribution in [0, 0.1) is 11.3 Å². The van der Waals surface area contributed by atoms with Crippen molar-refractivity contribution >= 4 is 0 Å². The quantitative estimate of drug-likeness (QED) is 0.657. The van der Waals surface area contributed by atoms with E-state index in [-0.39, 0.29) is 5.54 Å². The number of ether oxygens (including phenoxy) is 2. The summed E-state index contributed by atoms with van der Waals surface area (Å²) in [5.41, 5.74) is -0.334. The summed E-state index contributed by atoms with van der Waals surface area (Å²) in [5, 5.41) is 13.0. The predicted octanol–water partition coefficient (Wildman–Crippen LogP) is 1.40. The maximum atomic E-state index is 9.51. The lowest BCUT2D eigenvalue weighted by atomic mass is 9.99. The predicted molar refractivity (Wildman–Crippen MR) is 79.6 cm³/mol. The molecule has 116 valence electrons. The van der Waals surface area contributed by atoms with Crippen LogP contribution >= 0.6 is 0 Å². The Hall–Kier alpha value is -0.670. The molecule has 0 aliphatic heterocycles. The van der Waals surface area contributed by atoms with E-state index in [4.69, 9.17) is 9.47 Å². The van der Waals surface area contributed by atoms with Crippen molar-refractivity contribution in [1.82, 2.24) is 10.2 Å². The molecule has 1 aliphatic rings. The van der Waals surface area contributed by atoms with Gasteiger partial charge < -0.3 is 9.47 Å². The van der Waals surface area contributed by atoms with Crippen molar-refractivity contribution in [3.05, 3.63) is 0 Å². The van der Waals surface area contributed by atoms with Crippen molar-refractivity contribution in [2.24, 2.45) is 0 Å². The van der Waals surface area contributed by atoms with Gasteiger partial charge in [0.15, 0.2) is 0 Å². The van der Waals surface area contributed by atoms with Crippen LogP contribution in [0.3, 0.4) is 0 Å². The average molecular weight is 283 g/mol. The topological polar surface area (TPSA) is 57.5 Å². The summed E-state index contributed by atoms with van der Waals surface area (Å²) >= 11 is 0. The molecule has 1 saturated carbocycles. The summed E-state index contributed by atoms with van der Waals surface area (Å²) in [4.78, 5) is 2.40. The van der Waals surface area contributed by atoms with E-state index in [9.17, 15) is 5.26 Å². The first-order chi connectivity index (χ1) is 9.71. The summed E-state index contributed by atoms with van der Waals surface area (Å²) in [5.74, 6) is 0. The molecule has 5 nitrogen and oxygen atoms in total. The first-order valence-corrected chi connectivity index (χ1v) is 7.59. The van der Waals surface area contributed by atoms with Gasteiger partial charge >= 0.3 is 0 Å².